The van der Waals surface area contributed by atoms with Gasteiger partial charge in [-0.25, -0.2) is 4.79 Å². The molecule has 8 heteroatoms. The van der Waals surface area contributed by atoms with Crippen LogP contribution in [0.5, 0.6) is 11.5 Å². The highest BCUT2D eigenvalue weighted by Crippen LogP contribution is 2.30. The van der Waals surface area contributed by atoms with Crippen LogP contribution in [0.1, 0.15) is 28.4 Å². The molecule has 2 N–H and O–H groups in total. The third-order valence-electron chi connectivity index (χ3n) is 4.46. The van der Waals surface area contributed by atoms with Crippen molar-refractivity contribution in [3.05, 3.63) is 93.5 Å². The molecule has 0 aliphatic heterocycles. The van der Waals surface area contributed by atoms with E-state index in [2.05, 4.69) is 5.32 Å². The van der Waals surface area contributed by atoms with Gasteiger partial charge in [0.2, 0.25) is 0 Å². The van der Waals surface area contributed by atoms with Crippen LogP contribution in [0.25, 0.3) is 0 Å². The lowest BCUT2D eigenvalue weighted by molar-refractivity contribution is -0.384. The van der Waals surface area contributed by atoms with Crippen LogP contribution in [0.4, 0.5) is 11.4 Å². The number of nitrogens with zero attached hydrogens (tertiary/aromatic N) is 1. The molecule has 0 spiro atoms. The lowest BCUT2D eigenvalue weighted by atomic mass is 10.1. The lowest BCUT2D eigenvalue weighted by Gasteiger charge is -2.14. The van der Waals surface area contributed by atoms with Crippen molar-refractivity contribution in [3.8, 4) is 11.5 Å². The minimum atomic E-state index is -0.975. The molecule has 3 rings (SSSR count). The van der Waals surface area contributed by atoms with Crippen molar-refractivity contribution < 1.29 is 24.3 Å². The number of anilines is 1. The van der Waals surface area contributed by atoms with E-state index in [1.807, 2.05) is 19.1 Å². The second-order valence-corrected chi connectivity index (χ2v) is 6.67. The van der Waals surface area contributed by atoms with Gasteiger partial charge in [0.25, 0.3) is 5.69 Å². The zero-order valence-corrected chi connectivity index (χ0v) is 16.9. The van der Waals surface area contributed by atoms with E-state index in [-0.39, 0.29) is 17.9 Å². The van der Waals surface area contributed by atoms with E-state index in [9.17, 15) is 14.9 Å². The summed E-state index contributed by atoms with van der Waals surface area (Å²) in [6.45, 7) is 3.07. The Morgan fingerprint density at radius 1 is 1.00 bits per heavy atom. The van der Waals surface area contributed by atoms with E-state index in [1.165, 1.54) is 18.2 Å². The predicted molar refractivity (Wildman–Crippen MR) is 116 cm³/mol. The number of rotatable bonds is 10. The summed E-state index contributed by atoms with van der Waals surface area (Å²) in [6.07, 6.45) is 0. The van der Waals surface area contributed by atoms with Crippen LogP contribution in [-0.4, -0.2) is 22.6 Å². The van der Waals surface area contributed by atoms with E-state index >= 15 is 0 Å². The van der Waals surface area contributed by atoms with Gasteiger partial charge in [0, 0.05) is 24.4 Å². The number of carbonyl (C=O) groups is 1. The zero-order chi connectivity index (χ0) is 22.2. The van der Waals surface area contributed by atoms with Crippen LogP contribution in [0.15, 0.2) is 66.7 Å². The van der Waals surface area contributed by atoms with Gasteiger partial charge in [0.05, 0.1) is 17.1 Å². The first kappa shape index (κ1) is 21.6. The summed E-state index contributed by atoms with van der Waals surface area (Å²) in [5.74, 6) is 0.177. The standard InChI is InChI=1S/C23H22N2O6/c1-2-30-22-12-17(14-24-19-5-3-4-18(13-19)23(26)27)8-11-21(22)31-15-16-6-9-20(10-7-16)25(28)29/h3-13,24H,2,14-15H2,1H3,(H,26,27). The van der Waals surface area contributed by atoms with E-state index < -0.39 is 10.9 Å². The van der Waals surface area contributed by atoms with Gasteiger partial charge in [-0.15, -0.1) is 0 Å². The van der Waals surface area contributed by atoms with Crippen molar-refractivity contribution >= 4 is 17.3 Å². The monoisotopic (exact) mass is 422 g/mol. The molecule has 0 saturated carbocycles. The Morgan fingerprint density at radius 3 is 2.42 bits per heavy atom. The number of non-ortho nitro benzene ring substituents is 1. The average molecular weight is 422 g/mol. The van der Waals surface area contributed by atoms with Gasteiger partial charge in [-0.05, 0) is 60.5 Å². The summed E-state index contributed by atoms with van der Waals surface area (Å²) in [6, 6.07) is 18.4. The molecule has 0 radical (unpaired) electrons. The zero-order valence-electron chi connectivity index (χ0n) is 16.9. The van der Waals surface area contributed by atoms with Crippen molar-refractivity contribution in [2.75, 3.05) is 11.9 Å². The highest BCUT2D eigenvalue weighted by Gasteiger charge is 2.09. The summed E-state index contributed by atoms with van der Waals surface area (Å²) >= 11 is 0. The normalized spacial score (nSPS) is 10.4. The molecular weight excluding hydrogens is 400 g/mol. The molecule has 160 valence electrons. The van der Waals surface area contributed by atoms with Gasteiger partial charge in [0.1, 0.15) is 6.61 Å². The summed E-state index contributed by atoms with van der Waals surface area (Å²) in [4.78, 5) is 21.4. The Hall–Kier alpha value is -4.07. The first-order valence-electron chi connectivity index (χ1n) is 9.65. The summed E-state index contributed by atoms with van der Waals surface area (Å²) in [5, 5.41) is 23.1. The Morgan fingerprint density at radius 2 is 1.74 bits per heavy atom. The van der Waals surface area contributed by atoms with Gasteiger partial charge in [-0.1, -0.05) is 12.1 Å². The molecular formula is C23H22N2O6. The van der Waals surface area contributed by atoms with Gasteiger partial charge >= 0.3 is 5.97 Å². The molecule has 0 aromatic heterocycles. The number of hydrogen-bond donors (Lipinski definition) is 2. The maximum Gasteiger partial charge on any atom is 0.335 e. The molecule has 0 unspecified atom stereocenters. The number of nitrogens with one attached hydrogen (secondary N) is 1. The van der Waals surface area contributed by atoms with Gasteiger partial charge in [0.15, 0.2) is 11.5 Å². The summed E-state index contributed by atoms with van der Waals surface area (Å²) in [7, 11) is 0. The van der Waals surface area contributed by atoms with Crippen LogP contribution in [0.2, 0.25) is 0 Å². The van der Waals surface area contributed by atoms with Crippen LogP contribution in [-0.2, 0) is 13.2 Å². The summed E-state index contributed by atoms with van der Waals surface area (Å²) < 4.78 is 11.6. The first-order chi connectivity index (χ1) is 15.0. The SMILES string of the molecule is CCOc1cc(CNc2cccc(C(=O)O)c2)ccc1OCc1ccc([N+](=O)[O-])cc1. The highest BCUT2D eigenvalue weighted by atomic mass is 16.6. The molecule has 31 heavy (non-hydrogen) atoms. The van der Waals surface area contributed by atoms with Crippen molar-refractivity contribution in [3.63, 3.8) is 0 Å². The smallest absolute Gasteiger partial charge is 0.335 e. The van der Waals surface area contributed by atoms with Crippen molar-refractivity contribution in [1.29, 1.82) is 0 Å². The van der Waals surface area contributed by atoms with Crippen LogP contribution in [0.3, 0.4) is 0 Å². The average Bonchev–Trinajstić information content (AvgIpc) is 2.77. The third-order valence-corrected chi connectivity index (χ3v) is 4.46. The van der Waals surface area contributed by atoms with E-state index in [0.29, 0.717) is 30.3 Å². The van der Waals surface area contributed by atoms with Crippen LogP contribution < -0.4 is 14.8 Å². The number of nitro groups is 1. The maximum atomic E-state index is 11.1. The van der Waals surface area contributed by atoms with Gasteiger partial charge in [-0.2, -0.15) is 0 Å². The molecule has 3 aromatic rings. The molecule has 0 aliphatic rings. The van der Waals surface area contributed by atoms with Gasteiger partial charge < -0.3 is 19.9 Å². The molecule has 3 aromatic carbocycles. The predicted octanol–water partition coefficient (Wildman–Crippen LogP) is 4.88. The van der Waals surface area contributed by atoms with Crippen LogP contribution >= 0.6 is 0 Å². The Kier molecular flexibility index (Phi) is 7.05. The largest absolute Gasteiger partial charge is 0.490 e. The van der Waals surface area contributed by atoms with E-state index in [1.54, 1.807) is 36.4 Å². The number of carboxylic acids is 1. The first-order valence-corrected chi connectivity index (χ1v) is 9.65. The number of hydrogen-bond acceptors (Lipinski definition) is 6. The molecule has 0 fully saturated rings. The maximum absolute atomic E-state index is 11.1. The van der Waals surface area contributed by atoms with Crippen molar-refractivity contribution in [2.45, 2.75) is 20.1 Å². The van der Waals surface area contributed by atoms with E-state index in [4.69, 9.17) is 14.6 Å². The molecule has 0 heterocycles. The Balaban J connectivity index is 1.66. The number of ether oxygens (including phenoxy) is 2. The topological polar surface area (TPSA) is 111 Å². The fourth-order valence-corrected chi connectivity index (χ4v) is 2.89. The fourth-order valence-electron chi connectivity index (χ4n) is 2.89. The van der Waals surface area contributed by atoms with Crippen LogP contribution in [0, 0.1) is 10.1 Å². The van der Waals surface area contributed by atoms with Crippen molar-refractivity contribution in [2.24, 2.45) is 0 Å². The molecule has 0 aliphatic carbocycles. The number of nitro benzene ring substituents is 1. The molecule has 0 bridgehead atoms. The second kappa shape index (κ2) is 10.1. The minimum Gasteiger partial charge on any atom is -0.490 e. The number of benzene rings is 3. The quantitative estimate of drug-likeness (QED) is 0.354. The van der Waals surface area contributed by atoms with Gasteiger partial charge in [-0.3, -0.25) is 10.1 Å². The summed E-state index contributed by atoms with van der Waals surface area (Å²) in [5.41, 5.74) is 2.69. The fraction of sp³-hybridized carbons (Fsp3) is 0.174. The highest BCUT2D eigenvalue weighted by molar-refractivity contribution is 5.88. The minimum absolute atomic E-state index is 0.0319. The Bertz CT molecular complexity index is 1070. The molecule has 0 saturated heterocycles. The lowest BCUT2D eigenvalue weighted by Crippen LogP contribution is -2.04. The number of aromatic carboxylic acids is 1. The number of carboxylic acid groups (broad SMARTS) is 1. The second-order valence-electron chi connectivity index (χ2n) is 6.67. The molecule has 0 amide bonds. The van der Waals surface area contributed by atoms with E-state index in [0.717, 1.165) is 11.1 Å². The van der Waals surface area contributed by atoms with Crippen molar-refractivity contribution in [1.82, 2.24) is 0 Å². The Labute approximate surface area is 179 Å². The third kappa shape index (κ3) is 5.96. The molecule has 0 atom stereocenters. The molecule has 8 nitrogen and oxygen atoms in total.